The first-order chi connectivity index (χ1) is 8.09. The van der Waals surface area contributed by atoms with E-state index in [1.54, 1.807) is 6.20 Å². The van der Waals surface area contributed by atoms with Gasteiger partial charge in [0.1, 0.15) is 12.9 Å². The lowest BCUT2D eigenvalue weighted by Crippen LogP contribution is -2.20. The predicted octanol–water partition coefficient (Wildman–Crippen LogP) is 0.408. The largest absolute Gasteiger partial charge is 0.464 e. The molecule has 0 bridgehead atoms. The molecule has 0 atom stereocenters. The topological polar surface area (TPSA) is 64.4 Å². The van der Waals surface area contributed by atoms with E-state index in [2.05, 4.69) is 4.98 Å². The van der Waals surface area contributed by atoms with Gasteiger partial charge in [-0.15, -0.1) is 0 Å². The van der Waals surface area contributed by atoms with Crippen LogP contribution in [0.2, 0.25) is 0 Å². The van der Waals surface area contributed by atoms with Crippen LogP contribution in [0, 0.1) is 0 Å². The summed E-state index contributed by atoms with van der Waals surface area (Å²) in [4.78, 5) is 28.5. The van der Waals surface area contributed by atoms with E-state index in [0.29, 0.717) is 13.2 Å². The predicted molar refractivity (Wildman–Crippen MR) is 61.6 cm³/mol. The molecule has 0 aromatic carbocycles. The molecule has 0 aliphatic rings. The molecule has 0 saturated carbocycles. The van der Waals surface area contributed by atoms with Crippen LogP contribution in [-0.2, 0) is 9.53 Å². The number of rotatable bonds is 6. The van der Waals surface area contributed by atoms with Crippen molar-refractivity contribution in [2.75, 3.05) is 27.2 Å². The maximum Gasteiger partial charge on any atom is 0.306 e. The van der Waals surface area contributed by atoms with Gasteiger partial charge in [-0.1, -0.05) is 0 Å². The van der Waals surface area contributed by atoms with Gasteiger partial charge in [0.2, 0.25) is 5.91 Å². The third kappa shape index (κ3) is 5.26. The van der Waals surface area contributed by atoms with Gasteiger partial charge in [-0.3, -0.25) is 14.2 Å². The molecule has 0 N–H and O–H groups in total. The molecule has 94 valence electrons. The average Bonchev–Trinajstić information content (AvgIpc) is 2.78. The lowest BCUT2D eigenvalue weighted by Gasteiger charge is -2.09. The third-order valence-corrected chi connectivity index (χ3v) is 2.14. The fourth-order valence-corrected chi connectivity index (χ4v) is 1.16. The zero-order chi connectivity index (χ0) is 12.7. The van der Waals surface area contributed by atoms with Crippen LogP contribution in [0.5, 0.6) is 0 Å². The van der Waals surface area contributed by atoms with Crippen molar-refractivity contribution in [2.24, 2.45) is 0 Å². The number of nitrogens with zero attached hydrogens (tertiary/aromatic N) is 3. The van der Waals surface area contributed by atoms with Crippen LogP contribution in [0.3, 0.4) is 0 Å². The summed E-state index contributed by atoms with van der Waals surface area (Å²) in [6, 6.07) is 0. The minimum atomic E-state index is -0.347. The van der Waals surface area contributed by atoms with Gasteiger partial charge >= 0.3 is 5.97 Å². The van der Waals surface area contributed by atoms with Crippen molar-refractivity contribution < 1.29 is 14.3 Å². The highest BCUT2D eigenvalue weighted by Gasteiger charge is 2.09. The van der Waals surface area contributed by atoms with Gasteiger partial charge in [-0.05, 0) is 14.1 Å². The normalized spacial score (nSPS) is 10.5. The first-order valence-corrected chi connectivity index (χ1v) is 5.41. The Morgan fingerprint density at radius 3 is 2.71 bits per heavy atom. The van der Waals surface area contributed by atoms with Crippen molar-refractivity contribution in [3.63, 3.8) is 0 Å². The Balaban J connectivity index is 2.18. The lowest BCUT2D eigenvalue weighted by molar-refractivity contribution is -0.143. The van der Waals surface area contributed by atoms with Crippen molar-refractivity contribution in [3.05, 3.63) is 18.7 Å². The number of hydrogen-bond donors (Lipinski definition) is 0. The molecule has 1 heterocycles. The van der Waals surface area contributed by atoms with Gasteiger partial charge in [0.25, 0.3) is 0 Å². The Bertz CT molecular complexity index is 360. The highest BCUT2D eigenvalue weighted by Crippen LogP contribution is 1.98. The summed E-state index contributed by atoms with van der Waals surface area (Å²) in [5, 5.41) is 0. The van der Waals surface area contributed by atoms with Crippen molar-refractivity contribution in [1.82, 2.24) is 14.5 Å². The van der Waals surface area contributed by atoms with E-state index >= 15 is 0 Å². The second kappa shape index (κ2) is 6.80. The standard InChI is InChI=1S/C11H17N3O3/c1-13(2)7-8-17-11(16)4-3-10(15)14-6-5-12-9-14/h5-6,9H,3-4,7-8H2,1-2H3. The Morgan fingerprint density at radius 1 is 1.35 bits per heavy atom. The first kappa shape index (κ1) is 13.4. The average molecular weight is 239 g/mol. The highest BCUT2D eigenvalue weighted by atomic mass is 16.5. The molecule has 0 aliphatic heterocycles. The van der Waals surface area contributed by atoms with E-state index in [4.69, 9.17) is 4.74 Å². The Morgan fingerprint density at radius 2 is 2.12 bits per heavy atom. The summed E-state index contributed by atoms with van der Waals surface area (Å²) in [7, 11) is 3.80. The van der Waals surface area contributed by atoms with Crippen molar-refractivity contribution in [1.29, 1.82) is 0 Å². The molecule has 1 aromatic heterocycles. The fraction of sp³-hybridized carbons (Fsp3) is 0.545. The molecule has 17 heavy (non-hydrogen) atoms. The van der Waals surface area contributed by atoms with Crippen LogP contribution in [0.25, 0.3) is 0 Å². The monoisotopic (exact) mass is 239 g/mol. The number of likely N-dealkylation sites (N-methyl/N-ethyl adjacent to an activating group) is 1. The van der Waals surface area contributed by atoms with E-state index in [1.165, 1.54) is 17.1 Å². The zero-order valence-electron chi connectivity index (χ0n) is 10.1. The number of aromatic nitrogens is 2. The second-order valence-electron chi connectivity index (χ2n) is 3.89. The van der Waals surface area contributed by atoms with E-state index in [0.717, 1.165) is 0 Å². The van der Waals surface area contributed by atoms with E-state index in [9.17, 15) is 9.59 Å². The number of esters is 1. The quantitative estimate of drug-likeness (QED) is 0.673. The molecule has 0 saturated heterocycles. The summed E-state index contributed by atoms with van der Waals surface area (Å²) in [6.07, 6.45) is 4.73. The maximum atomic E-state index is 11.5. The minimum absolute atomic E-state index is 0.102. The summed E-state index contributed by atoms with van der Waals surface area (Å²) < 4.78 is 6.32. The molecular formula is C11H17N3O3. The summed E-state index contributed by atoms with van der Waals surface area (Å²) in [6.45, 7) is 1.03. The Kier molecular flexibility index (Phi) is 5.35. The van der Waals surface area contributed by atoms with Crippen LogP contribution in [0.4, 0.5) is 0 Å². The highest BCUT2D eigenvalue weighted by molar-refractivity contribution is 5.82. The van der Waals surface area contributed by atoms with Gasteiger partial charge in [0.15, 0.2) is 0 Å². The molecule has 0 amide bonds. The smallest absolute Gasteiger partial charge is 0.306 e. The van der Waals surface area contributed by atoms with Crippen LogP contribution < -0.4 is 0 Å². The zero-order valence-corrected chi connectivity index (χ0v) is 10.1. The first-order valence-electron chi connectivity index (χ1n) is 5.41. The van der Waals surface area contributed by atoms with Gasteiger partial charge in [-0.2, -0.15) is 0 Å². The number of imidazole rings is 1. The van der Waals surface area contributed by atoms with E-state index in [1.807, 2.05) is 19.0 Å². The van der Waals surface area contributed by atoms with Gasteiger partial charge < -0.3 is 9.64 Å². The van der Waals surface area contributed by atoms with Crippen LogP contribution in [-0.4, -0.2) is 53.6 Å². The summed E-state index contributed by atoms with van der Waals surface area (Å²) in [5.74, 6) is -0.507. The fourth-order valence-electron chi connectivity index (χ4n) is 1.16. The second-order valence-corrected chi connectivity index (χ2v) is 3.89. The van der Waals surface area contributed by atoms with Crippen molar-refractivity contribution in [2.45, 2.75) is 12.8 Å². The summed E-state index contributed by atoms with van der Waals surface area (Å²) >= 11 is 0. The molecule has 0 unspecified atom stereocenters. The molecule has 0 spiro atoms. The molecular weight excluding hydrogens is 222 g/mol. The summed E-state index contributed by atoms with van der Waals surface area (Å²) in [5.41, 5.74) is 0. The van der Waals surface area contributed by atoms with Gasteiger partial charge in [0, 0.05) is 25.4 Å². The van der Waals surface area contributed by atoms with E-state index < -0.39 is 0 Å². The van der Waals surface area contributed by atoms with Crippen LogP contribution in [0.15, 0.2) is 18.7 Å². The van der Waals surface area contributed by atoms with Gasteiger partial charge in [-0.25, -0.2) is 4.98 Å². The molecule has 1 rings (SSSR count). The molecule has 0 radical (unpaired) electrons. The Hall–Kier alpha value is -1.69. The lowest BCUT2D eigenvalue weighted by atomic mass is 10.3. The van der Waals surface area contributed by atoms with Crippen LogP contribution in [0.1, 0.15) is 17.6 Å². The Labute approximate surface area is 100 Å². The molecule has 0 fully saturated rings. The van der Waals surface area contributed by atoms with Crippen molar-refractivity contribution in [3.8, 4) is 0 Å². The van der Waals surface area contributed by atoms with Crippen LogP contribution >= 0.6 is 0 Å². The van der Waals surface area contributed by atoms with E-state index in [-0.39, 0.29) is 24.7 Å². The molecule has 6 heteroatoms. The van der Waals surface area contributed by atoms with Crippen molar-refractivity contribution >= 4 is 11.9 Å². The molecule has 1 aromatic rings. The molecule has 0 aliphatic carbocycles. The number of hydrogen-bond acceptors (Lipinski definition) is 5. The maximum absolute atomic E-state index is 11.5. The number of carbonyl (C=O) groups is 2. The minimum Gasteiger partial charge on any atom is -0.464 e. The molecule has 6 nitrogen and oxygen atoms in total. The van der Waals surface area contributed by atoms with Gasteiger partial charge in [0.05, 0.1) is 6.42 Å². The number of ether oxygens (including phenoxy) is 1. The SMILES string of the molecule is CN(C)CCOC(=O)CCC(=O)n1ccnc1. The number of carbonyl (C=O) groups excluding carboxylic acids is 2. The third-order valence-electron chi connectivity index (χ3n) is 2.14.